The lowest BCUT2D eigenvalue weighted by atomic mass is 9.79. The van der Waals surface area contributed by atoms with Gasteiger partial charge in [-0.3, -0.25) is 0 Å². The van der Waals surface area contributed by atoms with Crippen molar-refractivity contribution >= 4 is 23.4 Å². The smallest absolute Gasteiger partial charge is 0.0417 e. The summed E-state index contributed by atoms with van der Waals surface area (Å²) in [5.74, 6) is 2.56. The minimum atomic E-state index is 0.316. The van der Waals surface area contributed by atoms with E-state index >= 15 is 0 Å². The molecular formula is C15H22ClNS. The van der Waals surface area contributed by atoms with Crippen LogP contribution < -0.4 is 5.73 Å². The van der Waals surface area contributed by atoms with Crippen LogP contribution in [0.25, 0.3) is 0 Å². The van der Waals surface area contributed by atoms with Crippen LogP contribution in [0.5, 0.6) is 0 Å². The van der Waals surface area contributed by atoms with Crippen molar-refractivity contribution in [2.45, 2.75) is 43.5 Å². The molecule has 0 aromatic heterocycles. The van der Waals surface area contributed by atoms with Crippen molar-refractivity contribution < 1.29 is 0 Å². The highest BCUT2D eigenvalue weighted by Gasteiger charge is 2.24. The maximum Gasteiger partial charge on any atom is 0.0417 e. The van der Waals surface area contributed by atoms with Gasteiger partial charge in [-0.2, -0.15) is 0 Å². The molecule has 0 radical (unpaired) electrons. The van der Waals surface area contributed by atoms with Gasteiger partial charge in [-0.05, 0) is 42.9 Å². The van der Waals surface area contributed by atoms with Crippen LogP contribution >= 0.6 is 23.4 Å². The van der Waals surface area contributed by atoms with Gasteiger partial charge in [0, 0.05) is 21.7 Å². The molecule has 1 aromatic carbocycles. The van der Waals surface area contributed by atoms with Crippen molar-refractivity contribution in [3.63, 3.8) is 0 Å². The molecule has 0 bridgehead atoms. The highest BCUT2D eigenvalue weighted by atomic mass is 35.5. The Morgan fingerprint density at radius 1 is 1.44 bits per heavy atom. The second kappa shape index (κ2) is 6.83. The van der Waals surface area contributed by atoms with Gasteiger partial charge in [0.25, 0.3) is 0 Å². The van der Waals surface area contributed by atoms with Gasteiger partial charge >= 0.3 is 0 Å². The number of halogens is 1. The normalized spacial score (nSPS) is 25.9. The average Bonchev–Trinajstić information content (AvgIpc) is 2.36. The molecule has 2 rings (SSSR count). The summed E-state index contributed by atoms with van der Waals surface area (Å²) in [6.45, 7) is 2.35. The topological polar surface area (TPSA) is 26.0 Å². The summed E-state index contributed by atoms with van der Waals surface area (Å²) in [5, 5.41) is 0.805. The zero-order chi connectivity index (χ0) is 13.0. The molecular weight excluding hydrogens is 262 g/mol. The molecule has 2 N–H and O–H groups in total. The van der Waals surface area contributed by atoms with Crippen LogP contribution in [0.15, 0.2) is 29.2 Å². The molecule has 1 aliphatic rings. The molecule has 0 spiro atoms. The van der Waals surface area contributed by atoms with E-state index in [0.717, 1.165) is 16.7 Å². The summed E-state index contributed by atoms with van der Waals surface area (Å²) in [4.78, 5) is 1.22. The number of rotatable bonds is 4. The molecule has 3 unspecified atom stereocenters. The first-order chi connectivity index (χ1) is 8.65. The van der Waals surface area contributed by atoms with Crippen LogP contribution in [0.4, 0.5) is 0 Å². The van der Waals surface area contributed by atoms with Gasteiger partial charge < -0.3 is 5.73 Å². The van der Waals surface area contributed by atoms with Crippen molar-refractivity contribution in [2.75, 3.05) is 5.75 Å². The van der Waals surface area contributed by atoms with Gasteiger partial charge in [-0.1, -0.05) is 37.4 Å². The fraction of sp³-hybridized carbons (Fsp3) is 0.600. The van der Waals surface area contributed by atoms with Crippen molar-refractivity contribution in [1.29, 1.82) is 0 Å². The molecule has 1 nitrogen and oxygen atoms in total. The lowest BCUT2D eigenvalue weighted by Crippen LogP contribution is -2.35. The van der Waals surface area contributed by atoms with E-state index in [4.69, 9.17) is 17.3 Å². The van der Waals surface area contributed by atoms with Gasteiger partial charge in [-0.15, -0.1) is 11.8 Å². The van der Waals surface area contributed by atoms with Gasteiger partial charge in [0.1, 0.15) is 0 Å². The largest absolute Gasteiger partial charge is 0.327 e. The molecule has 0 saturated heterocycles. The third kappa shape index (κ3) is 4.18. The van der Waals surface area contributed by atoms with Crippen LogP contribution in [0.3, 0.4) is 0 Å². The fourth-order valence-corrected chi connectivity index (χ4v) is 4.05. The van der Waals surface area contributed by atoms with Crippen LogP contribution in [-0.2, 0) is 0 Å². The molecule has 1 fully saturated rings. The predicted molar refractivity (Wildman–Crippen MR) is 81.3 cm³/mol. The molecule has 1 saturated carbocycles. The molecule has 0 aliphatic heterocycles. The Bertz CT molecular complexity index is 383. The lowest BCUT2D eigenvalue weighted by Gasteiger charge is -2.31. The van der Waals surface area contributed by atoms with Crippen LogP contribution in [0.1, 0.15) is 32.6 Å². The first kappa shape index (κ1) is 14.2. The molecule has 18 heavy (non-hydrogen) atoms. The standard InChI is InChI=1S/C15H22ClNS/c1-11-4-2-5-12(8-11)15(17)10-18-14-7-3-6-13(16)9-14/h3,6-7,9,11-12,15H,2,4-5,8,10,17H2,1H3. The zero-order valence-corrected chi connectivity index (χ0v) is 12.5. The molecule has 0 heterocycles. The number of nitrogens with two attached hydrogens (primary N) is 1. The SMILES string of the molecule is CC1CCCC(C(N)CSc2cccc(Cl)c2)C1. The second-order valence-corrected chi connectivity index (χ2v) is 6.99. The first-order valence-corrected chi connectivity index (χ1v) is 8.15. The van der Waals surface area contributed by atoms with Crippen LogP contribution in [-0.4, -0.2) is 11.8 Å². The third-order valence-electron chi connectivity index (χ3n) is 3.82. The minimum absolute atomic E-state index is 0.316. The van der Waals surface area contributed by atoms with Crippen molar-refractivity contribution in [2.24, 2.45) is 17.6 Å². The van der Waals surface area contributed by atoms with Crippen molar-refractivity contribution in [3.05, 3.63) is 29.3 Å². The Balaban J connectivity index is 1.82. The maximum absolute atomic E-state index is 6.34. The third-order valence-corrected chi connectivity index (χ3v) is 5.19. The van der Waals surface area contributed by atoms with E-state index in [1.54, 1.807) is 0 Å². The van der Waals surface area contributed by atoms with Gasteiger partial charge in [0.2, 0.25) is 0 Å². The zero-order valence-electron chi connectivity index (χ0n) is 10.9. The van der Waals surface area contributed by atoms with Gasteiger partial charge in [0.15, 0.2) is 0 Å². The highest BCUT2D eigenvalue weighted by Crippen LogP contribution is 2.32. The fourth-order valence-electron chi connectivity index (χ4n) is 2.76. The summed E-state index contributed by atoms with van der Waals surface area (Å²) >= 11 is 7.81. The average molecular weight is 284 g/mol. The molecule has 1 aromatic rings. The van der Waals surface area contributed by atoms with E-state index in [0.29, 0.717) is 12.0 Å². The first-order valence-electron chi connectivity index (χ1n) is 6.79. The summed E-state index contributed by atoms with van der Waals surface area (Å²) in [6.07, 6.45) is 5.34. The second-order valence-electron chi connectivity index (χ2n) is 5.46. The van der Waals surface area contributed by atoms with Crippen LogP contribution in [0.2, 0.25) is 5.02 Å². The Morgan fingerprint density at radius 3 is 3.00 bits per heavy atom. The minimum Gasteiger partial charge on any atom is -0.327 e. The monoisotopic (exact) mass is 283 g/mol. The Morgan fingerprint density at radius 2 is 2.28 bits per heavy atom. The summed E-state index contributed by atoms with van der Waals surface area (Å²) in [5.41, 5.74) is 6.34. The summed E-state index contributed by atoms with van der Waals surface area (Å²) < 4.78 is 0. The lowest BCUT2D eigenvalue weighted by molar-refractivity contribution is 0.256. The number of thioether (sulfide) groups is 1. The van der Waals surface area contributed by atoms with Crippen molar-refractivity contribution in [3.8, 4) is 0 Å². The van der Waals surface area contributed by atoms with E-state index < -0.39 is 0 Å². The molecule has 100 valence electrons. The van der Waals surface area contributed by atoms with E-state index in [9.17, 15) is 0 Å². The van der Waals surface area contributed by atoms with Gasteiger partial charge in [0.05, 0.1) is 0 Å². The molecule has 0 amide bonds. The van der Waals surface area contributed by atoms with Gasteiger partial charge in [-0.25, -0.2) is 0 Å². The Labute approximate surface area is 119 Å². The van der Waals surface area contributed by atoms with E-state index in [2.05, 4.69) is 13.0 Å². The molecule has 1 aliphatic carbocycles. The quantitative estimate of drug-likeness (QED) is 0.818. The van der Waals surface area contributed by atoms with E-state index in [1.807, 2.05) is 30.0 Å². The predicted octanol–water partition coefficient (Wildman–Crippen LogP) is 4.59. The molecule has 3 atom stereocenters. The molecule has 3 heteroatoms. The Kier molecular flexibility index (Phi) is 5.40. The van der Waals surface area contributed by atoms with E-state index in [-0.39, 0.29) is 0 Å². The van der Waals surface area contributed by atoms with E-state index in [1.165, 1.54) is 30.6 Å². The Hall–Kier alpha value is -0.180. The number of hydrogen-bond donors (Lipinski definition) is 1. The maximum atomic E-state index is 6.34. The van der Waals surface area contributed by atoms with Crippen LogP contribution in [0, 0.1) is 11.8 Å². The number of hydrogen-bond acceptors (Lipinski definition) is 2. The summed E-state index contributed by atoms with van der Waals surface area (Å²) in [6, 6.07) is 8.35. The summed E-state index contributed by atoms with van der Waals surface area (Å²) in [7, 11) is 0. The number of benzene rings is 1. The van der Waals surface area contributed by atoms with Crippen molar-refractivity contribution in [1.82, 2.24) is 0 Å². The highest BCUT2D eigenvalue weighted by molar-refractivity contribution is 7.99.